The fraction of sp³-hybridized carbons (Fsp3) is 0.333. The van der Waals surface area contributed by atoms with Gasteiger partial charge < -0.3 is 13.9 Å². The van der Waals surface area contributed by atoms with Crippen molar-refractivity contribution in [1.29, 1.82) is 0 Å². The molecule has 12 nitrogen and oxygen atoms in total. The minimum absolute atomic E-state index is 0.0682. The number of aromatic nitrogens is 8. The Labute approximate surface area is 225 Å². The molecule has 0 saturated carbocycles. The minimum Gasteiger partial charge on any atom is -0.419 e. The van der Waals surface area contributed by atoms with Gasteiger partial charge >= 0.3 is 5.69 Å². The molecule has 0 unspecified atom stereocenters. The largest absolute Gasteiger partial charge is 0.419 e. The van der Waals surface area contributed by atoms with E-state index in [-0.39, 0.29) is 29.5 Å². The van der Waals surface area contributed by atoms with E-state index in [9.17, 15) is 9.59 Å². The van der Waals surface area contributed by atoms with Crippen LogP contribution in [0.25, 0.3) is 22.6 Å². The first kappa shape index (κ1) is 24.4. The lowest BCUT2D eigenvalue weighted by Gasteiger charge is -2.28. The Kier molecular flexibility index (Phi) is 5.88. The average Bonchev–Trinajstić information content (AvgIpc) is 3.64. The van der Waals surface area contributed by atoms with Gasteiger partial charge in [0.1, 0.15) is 12.4 Å². The molecule has 0 fully saturated rings. The van der Waals surface area contributed by atoms with E-state index in [2.05, 4.69) is 27.9 Å². The zero-order valence-electron chi connectivity index (χ0n) is 20.9. The predicted octanol–water partition coefficient (Wildman–Crippen LogP) is 2.62. The first-order valence-corrected chi connectivity index (χ1v) is 12.7. The molecule has 6 rings (SSSR count). The number of halogens is 2. The molecule has 5 aromatic rings. The van der Waals surface area contributed by atoms with Gasteiger partial charge in [0.15, 0.2) is 11.2 Å². The van der Waals surface area contributed by atoms with Crippen LogP contribution in [0, 0.1) is 0 Å². The second-order valence-corrected chi connectivity index (χ2v) is 9.94. The summed E-state index contributed by atoms with van der Waals surface area (Å²) in [6.45, 7) is 3.99. The van der Waals surface area contributed by atoms with E-state index < -0.39 is 11.2 Å². The number of hydrogen-bond donors (Lipinski definition) is 0. The Balaban J connectivity index is 1.46. The van der Waals surface area contributed by atoms with Gasteiger partial charge in [0.05, 0.1) is 22.3 Å². The normalized spacial score (nSPS) is 13.4. The summed E-state index contributed by atoms with van der Waals surface area (Å²) in [5.41, 5.74) is 1.26. The Morgan fingerprint density at radius 1 is 1.03 bits per heavy atom. The van der Waals surface area contributed by atoms with Crippen molar-refractivity contribution in [2.24, 2.45) is 14.1 Å². The lowest BCUT2D eigenvalue weighted by Crippen LogP contribution is -2.38. The second-order valence-electron chi connectivity index (χ2n) is 9.12. The molecule has 0 bridgehead atoms. The molecule has 14 heteroatoms. The molecule has 0 spiro atoms. The summed E-state index contributed by atoms with van der Waals surface area (Å²) >= 11 is 12.2. The van der Waals surface area contributed by atoms with Crippen molar-refractivity contribution in [3.63, 3.8) is 0 Å². The molecule has 1 aliphatic rings. The van der Waals surface area contributed by atoms with Gasteiger partial charge in [0.2, 0.25) is 17.7 Å². The third-order valence-electron chi connectivity index (χ3n) is 6.75. The lowest BCUT2D eigenvalue weighted by molar-refractivity contribution is 0.485. The minimum atomic E-state index is -0.460. The van der Waals surface area contributed by atoms with Gasteiger partial charge in [0.25, 0.3) is 5.56 Å². The zero-order chi connectivity index (χ0) is 26.7. The summed E-state index contributed by atoms with van der Waals surface area (Å²) in [5, 5.41) is 9.14. The van der Waals surface area contributed by atoms with Gasteiger partial charge in [-0.05, 0) is 24.6 Å². The molecule has 1 aliphatic heterocycles. The van der Waals surface area contributed by atoms with Gasteiger partial charge in [-0.2, -0.15) is 4.98 Å². The Bertz CT molecular complexity index is 1830. The number of hydrogen-bond acceptors (Lipinski definition) is 8. The molecule has 38 heavy (non-hydrogen) atoms. The van der Waals surface area contributed by atoms with Gasteiger partial charge in [-0.3, -0.25) is 18.5 Å². The Morgan fingerprint density at radius 2 is 1.84 bits per heavy atom. The molecule has 196 valence electrons. The first-order valence-electron chi connectivity index (χ1n) is 12.0. The summed E-state index contributed by atoms with van der Waals surface area (Å²) in [6.07, 6.45) is 2.91. The van der Waals surface area contributed by atoms with Crippen molar-refractivity contribution in [1.82, 2.24) is 38.4 Å². The Hall–Kier alpha value is -3.90. The number of nitrogens with zero attached hydrogens (tertiary/aromatic N) is 9. The quantitative estimate of drug-likeness (QED) is 0.324. The second kappa shape index (κ2) is 9.14. The van der Waals surface area contributed by atoms with Crippen molar-refractivity contribution in [2.45, 2.75) is 33.0 Å². The summed E-state index contributed by atoms with van der Waals surface area (Å²) in [6, 6.07) is 5.03. The van der Waals surface area contributed by atoms with Gasteiger partial charge in [-0.1, -0.05) is 30.1 Å². The number of imidazole rings is 2. The smallest absolute Gasteiger partial charge is 0.332 e. The van der Waals surface area contributed by atoms with Gasteiger partial charge in [-0.15, -0.1) is 10.2 Å². The van der Waals surface area contributed by atoms with Crippen LogP contribution in [0.1, 0.15) is 24.3 Å². The summed E-state index contributed by atoms with van der Waals surface area (Å²) < 4.78 is 12.2. The summed E-state index contributed by atoms with van der Waals surface area (Å²) in [4.78, 5) is 37.5. The third kappa shape index (κ3) is 3.91. The number of anilines is 1. The Morgan fingerprint density at radius 3 is 2.61 bits per heavy atom. The van der Waals surface area contributed by atoms with E-state index in [1.807, 2.05) is 4.90 Å². The molecular formula is C24H23Cl2N9O3. The maximum Gasteiger partial charge on any atom is 0.332 e. The van der Waals surface area contributed by atoms with Gasteiger partial charge in [0, 0.05) is 38.9 Å². The first-order chi connectivity index (χ1) is 18.2. The van der Waals surface area contributed by atoms with E-state index in [4.69, 9.17) is 37.6 Å². The molecular weight excluding hydrogens is 533 g/mol. The van der Waals surface area contributed by atoms with Gasteiger partial charge in [-0.25, -0.2) is 9.78 Å². The number of fused-ring (bicyclic) bond motifs is 2. The molecule has 0 amide bonds. The zero-order valence-corrected chi connectivity index (χ0v) is 22.4. The van der Waals surface area contributed by atoms with Crippen molar-refractivity contribution in [2.75, 3.05) is 11.4 Å². The SMILES string of the molecule is CCc1cn2c(n1)CN(c1nc3c(c(=O)n(C)c(=O)n3C)n1Cc1nnc(-c3ccc(Cl)c(Cl)c3)o1)CC2. The highest BCUT2D eigenvalue weighted by atomic mass is 35.5. The van der Waals surface area contributed by atoms with E-state index in [1.165, 1.54) is 11.6 Å². The van der Waals surface area contributed by atoms with Crippen LogP contribution < -0.4 is 16.1 Å². The number of benzene rings is 1. The highest BCUT2D eigenvalue weighted by Gasteiger charge is 2.27. The maximum absolute atomic E-state index is 13.3. The molecule has 0 saturated heterocycles. The summed E-state index contributed by atoms with van der Waals surface area (Å²) in [5.74, 6) is 1.94. The van der Waals surface area contributed by atoms with Crippen LogP contribution >= 0.6 is 23.2 Å². The molecule has 0 radical (unpaired) electrons. The van der Waals surface area contributed by atoms with E-state index >= 15 is 0 Å². The highest BCUT2D eigenvalue weighted by Crippen LogP contribution is 2.29. The highest BCUT2D eigenvalue weighted by molar-refractivity contribution is 6.42. The van der Waals surface area contributed by atoms with E-state index in [0.717, 1.165) is 22.5 Å². The predicted molar refractivity (Wildman–Crippen MR) is 142 cm³/mol. The fourth-order valence-corrected chi connectivity index (χ4v) is 4.98. The molecule has 4 aromatic heterocycles. The van der Waals surface area contributed by atoms with Crippen LogP contribution in [0.3, 0.4) is 0 Å². The summed E-state index contributed by atoms with van der Waals surface area (Å²) in [7, 11) is 3.04. The van der Waals surface area contributed by atoms with Crippen LogP contribution in [0.15, 0.2) is 38.4 Å². The van der Waals surface area contributed by atoms with E-state index in [1.54, 1.807) is 29.8 Å². The maximum atomic E-state index is 13.3. The van der Waals surface area contributed by atoms with Crippen molar-refractivity contribution in [3.05, 3.63) is 72.7 Å². The third-order valence-corrected chi connectivity index (χ3v) is 7.49. The molecule has 0 N–H and O–H groups in total. The fourth-order valence-electron chi connectivity index (χ4n) is 4.68. The molecule has 1 aromatic carbocycles. The molecule has 0 atom stereocenters. The molecule has 5 heterocycles. The van der Waals surface area contributed by atoms with Crippen LogP contribution in [0.2, 0.25) is 10.0 Å². The molecule has 0 aliphatic carbocycles. The van der Waals surface area contributed by atoms with E-state index in [0.29, 0.717) is 41.2 Å². The lowest BCUT2D eigenvalue weighted by atomic mass is 10.2. The number of rotatable bonds is 5. The van der Waals surface area contributed by atoms with Crippen molar-refractivity contribution >= 4 is 40.3 Å². The standard InChI is InChI=1S/C24H23Cl2N9O3/c1-4-14-10-33-7-8-34(11-17(33)27-14)23-28-20-19(22(36)32(3)24(37)31(20)2)35(23)12-18-29-30-21(38-18)13-5-6-15(25)16(26)9-13/h5-6,9-10H,4,7-8,11-12H2,1-3H3. The monoisotopic (exact) mass is 555 g/mol. The van der Waals surface area contributed by atoms with Crippen molar-refractivity contribution in [3.8, 4) is 11.5 Å². The topological polar surface area (TPSA) is 122 Å². The number of aryl methyl sites for hydroxylation is 2. The van der Waals surface area contributed by atoms with Crippen LogP contribution in [-0.4, -0.2) is 45.0 Å². The van der Waals surface area contributed by atoms with Crippen LogP contribution in [0.5, 0.6) is 0 Å². The van der Waals surface area contributed by atoms with Crippen molar-refractivity contribution < 1.29 is 4.42 Å². The van der Waals surface area contributed by atoms with Crippen LogP contribution in [-0.2, 0) is 40.2 Å². The average molecular weight is 556 g/mol. The van der Waals surface area contributed by atoms with Crippen LogP contribution in [0.4, 0.5) is 5.95 Å².